The van der Waals surface area contributed by atoms with Crippen LogP contribution in [0.2, 0.25) is 0 Å². The average Bonchev–Trinajstić information content (AvgIpc) is 3.43. The topological polar surface area (TPSA) is 88.6 Å². The molecule has 0 spiro atoms. The van der Waals surface area contributed by atoms with Crippen LogP contribution in [0.3, 0.4) is 0 Å². The predicted molar refractivity (Wildman–Crippen MR) is 130 cm³/mol. The first-order valence-electron chi connectivity index (χ1n) is 10.5. The predicted octanol–water partition coefficient (Wildman–Crippen LogP) is 4.70. The number of benzene rings is 3. The number of aromatic nitrogens is 1. The number of nitrogens with zero attached hydrogens (tertiary/aromatic N) is 2. The quantitative estimate of drug-likeness (QED) is 0.433. The zero-order chi connectivity index (χ0) is 23.0. The molecule has 3 aromatic carbocycles. The number of para-hydroxylation sites is 1. The second-order valence-corrected chi connectivity index (χ2v) is 10.4. The number of sulfonamides is 1. The van der Waals surface area contributed by atoms with Gasteiger partial charge in [-0.05, 0) is 67.4 Å². The van der Waals surface area contributed by atoms with Crippen LogP contribution in [0.4, 0.5) is 10.8 Å². The third kappa shape index (κ3) is 4.05. The summed E-state index contributed by atoms with van der Waals surface area (Å²) in [6.45, 7) is 2.90. The second-order valence-electron chi connectivity index (χ2n) is 7.52. The Kier molecular flexibility index (Phi) is 5.51. The lowest BCUT2D eigenvalue weighted by Crippen LogP contribution is -2.29. The molecule has 0 fully saturated rings. The molecule has 1 N–H and O–H groups in total. The van der Waals surface area contributed by atoms with Gasteiger partial charge in [0.25, 0.3) is 15.9 Å². The van der Waals surface area contributed by atoms with E-state index in [-0.39, 0.29) is 10.8 Å². The molecule has 168 valence electrons. The first kappa shape index (κ1) is 21.4. The zero-order valence-corrected chi connectivity index (χ0v) is 19.4. The largest absolute Gasteiger partial charge is 0.494 e. The molecule has 1 amide bonds. The van der Waals surface area contributed by atoms with E-state index in [9.17, 15) is 13.2 Å². The van der Waals surface area contributed by atoms with Gasteiger partial charge in [-0.2, -0.15) is 0 Å². The van der Waals surface area contributed by atoms with Crippen LogP contribution < -0.4 is 14.4 Å². The van der Waals surface area contributed by atoms with Crippen molar-refractivity contribution in [1.82, 2.24) is 4.98 Å². The number of carbonyl (C=O) groups excluding carboxylic acids is 1. The number of thiazole rings is 1. The molecule has 9 heteroatoms. The van der Waals surface area contributed by atoms with E-state index < -0.39 is 10.0 Å². The lowest BCUT2D eigenvalue weighted by atomic mass is 10.2. The highest BCUT2D eigenvalue weighted by molar-refractivity contribution is 7.92. The minimum Gasteiger partial charge on any atom is -0.494 e. The number of anilines is 2. The van der Waals surface area contributed by atoms with Crippen molar-refractivity contribution in [2.75, 3.05) is 22.8 Å². The van der Waals surface area contributed by atoms with Crippen LogP contribution in [0.15, 0.2) is 71.6 Å². The van der Waals surface area contributed by atoms with E-state index in [2.05, 4.69) is 10.3 Å². The maximum absolute atomic E-state index is 13.1. The molecule has 2 heterocycles. The summed E-state index contributed by atoms with van der Waals surface area (Å²) in [5.41, 5.74) is 2.85. The summed E-state index contributed by atoms with van der Waals surface area (Å²) in [5, 5.41) is 3.26. The van der Waals surface area contributed by atoms with E-state index in [4.69, 9.17) is 4.74 Å². The van der Waals surface area contributed by atoms with Crippen LogP contribution in [0.1, 0.15) is 22.8 Å². The molecule has 1 aromatic heterocycles. The first-order chi connectivity index (χ1) is 16.0. The number of fused-ring (bicyclic) bond motifs is 2. The second kappa shape index (κ2) is 8.49. The van der Waals surface area contributed by atoms with Gasteiger partial charge in [0.2, 0.25) is 0 Å². The summed E-state index contributed by atoms with van der Waals surface area (Å²) in [6, 6.07) is 19.1. The van der Waals surface area contributed by atoms with Crippen molar-refractivity contribution in [3.63, 3.8) is 0 Å². The Balaban J connectivity index is 1.33. The lowest BCUT2D eigenvalue weighted by Gasteiger charge is -2.19. The van der Waals surface area contributed by atoms with Crippen LogP contribution in [-0.4, -0.2) is 32.5 Å². The van der Waals surface area contributed by atoms with E-state index in [1.807, 2.05) is 49.4 Å². The minimum absolute atomic E-state index is 0.152. The van der Waals surface area contributed by atoms with Gasteiger partial charge in [-0.3, -0.25) is 14.4 Å². The van der Waals surface area contributed by atoms with E-state index in [0.29, 0.717) is 36.0 Å². The SMILES string of the molecule is CCOc1ccc2nc(NC(=O)c3ccc(S(=O)(=O)N4CCc5ccccc54)cc3)sc2c1. The summed E-state index contributed by atoms with van der Waals surface area (Å²) in [4.78, 5) is 17.3. The van der Waals surface area contributed by atoms with Crippen molar-refractivity contribution >= 4 is 48.3 Å². The summed E-state index contributed by atoms with van der Waals surface area (Å²) < 4.78 is 34.1. The molecular formula is C24H21N3O4S2. The van der Waals surface area contributed by atoms with E-state index in [1.54, 1.807) is 0 Å². The molecule has 0 bridgehead atoms. The number of amides is 1. The molecule has 0 atom stereocenters. The van der Waals surface area contributed by atoms with Gasteiger partial charge >= 0.3 is 0 Å². The van der Waals surface area contributed by atoms with E-state index >= 15 is 0 Å². The van der Waals surface area contributed by atoms with Gasteiger partial charge in [0.05, 0.1) is 27.4 Å². The van der Waals surface area contributed by atoms with Gasteiger partial charge in [-0.25, -0.2) is 13.4 Å². The number of hydrogen-bond donors (Lipinski definition) is 1. The Hall–Kier alpha value is -3.43. The molecule has 0 unspecified atom stereocenters. The van der Waals surface area contributed by atoms with Gasteiger partial charge < -0.3 is 4.74 Å². The van der Waals surface area contributed by atoms with Crippen LogP contribution in [0, 0.1) is 0 Å². The van der Waals surface area contributed by atoms with Crippen molar-refractivity contribution in [2.24, 2.45) is 0 Å². The molecule has 0 saturated heterocycles. The fraction of sp³-hybridized carbons (Fsp3) is 0.167. The standard InChI is InChI=1S/C24H21N3O4S2/c1-2-31-18-9-12-20-22(15-18)32-24(25-20)26-23(28)17-7-10-19(11-8-17)33(29,30)27-14-13-16-5-3-4-6-21(16)27/h3-12,15H,2,13-14H2,1H3,(H,25,26,28). The number of rotatable bonds is 6. The van der Waals surface area contributed by atoms with Crippen molar-refractivity contribution in [2.45, 2.75) is 18.2 Å². The summed E-state index contributed by atoms with van der Waals surface area (Å²) >= 11 is 1.35. The number of ether oxygens (including phenoxy) is 1. The van der Waals surface area contributed by atoms with Gasteiger partial charge in [-0.15, -0.1) is 0 Å². The van der Waals surface area contributed by atoms with Crippen LogP contribution in [-0.2, 0) is 16.4 Å². The lowest BCUT2D eigenvalue weighted by molar-refractivity contribution is 0.102. The summed E-state index contributed by atoms with van der Waals surface area (Å²) in [7, 11) is -3.70. The normalized spacial score (nSPS) is 13.2. The number of hydrogen-bond acceptors (Lipinski definition) is 6. The van der Waals surface area contributed by atoms with Crippen LogP contribution in [0.5, 0.6) is 5.75 Å². The molecule has 0 saturated carbocycles. The first-order valence-corrected chi connectivity index (χ1v) is 12.8. The van der Waals surface area contributed by atoms with Gasteiger partial charge in [0, 0.05) is 12.1 Å². The molecule has 4 aromatic rings. The van der Waals surface area contributed by atoms with Crippen LogP contribution >= 0.6 is 11.3 Å². The summed E-state index contributed by atoms with van der Waals surface area (Å²) in [5.74, 6) is 0.401. The molecule has 1 aliphatic rings. The number of carbonyl (C=O) groups is 1. The highest BCUT2D eigenvalue weighted by atomic mass is 32.2. The summed E-state index contributed by atoms with van der Waals surface area (Å²) in [6.07, 6.45) is 0.685. The average molecular weight is 480 g/mol. The third-order valence-electron chi connectivity index (χ3n) is 5.44. The Bertz CT molecular complexity index is 1450. The fourth-order valence-corrected chi connectivity index (χ4v) is 6.24. The highest BCUT2D eigenvalue weighted by Crippen LogP contribution is 2.33. The Labute approximate surface area is 195 Å². The van der Waals surface area contributed by atoms with Crippen molar-refractivity contribution in [3.8, 4) is 5.75 Å². The monoisotopic (exact) mass is 479 g/mol. The van der Waals surface area contributed by atoms with Gasteiger partial charge in [0.15, 0.2) is 5.13 Å². The van der Waals surface area contributed by atoms with Crippen molar-refractivity contribution in [1.29, 1.82) is 0 Å². The van der Waals surface area contributed by atoms with E-state index in [1.165, 1.54) is 39.9 Å². The van der Waals surface area contributed by atoms with Gasteiger partial charge in [0.1, 0.15) is 5.75 Å². The fourth-order valence-electron chi connectivity index (χ4n) is 3.85. The zero-order valence-electron chi connectivity index (χ0n) is 17.8. The molecule has 1 aliphatic heterocycles. The van der Waals surface area contributed by atoms with E-state index in [0.717, 1.165) is 21.5 Å². The Morgan fingerprint density at radius 2 is 1.91 bits per heavy atom. The maximum atomic E-state index is 13.1. The smallest absolute Gasteiger partial charge is 0.264 e. The molecular weight excluding hydrogens is 458 g/mol. The Morgan fingerprint density at radius 3 is 2.70 bits per heavy atom. The third-order valence-corrected chi connectivity index (χ3v) is 8.20. The van der Waals surface area contributed by atoms with Gasteiger partial charge in [-0.1, -0.05) is 29.5 Å². The maximum Gasteiger partial charge on any atom is 0.264 e. The number of nitrogens with one attached hydrogen (secondary N) is 1. The minimum atomic E-state index is -3.70. The van der Waals surface area contributed by atoms with Crippen molar-refractivity contribution < 1.29 is 17.9 Å². The molecule has 33 heavy (non-hydrogen) atoms. The molecule has 0 aliphatic carbocycles. The van der Waals surface area contributed by atoms with Crippen molar-refractivity contribution in [3.05, 3.63) is 77.9 Å². The molecule has 5 rings (SSSR count). The molecule has 7 nitrogen and oxygen atoms in total. The highest BCUT2D eigenvalue weighted by Gasteiger charge is 2.30. The Morgan fingerprint density at radius 1 is 1.12 bits per heavy atom. The van der Waals surface area contributed by atoms with Crippen LogP contribution in [0.25, 0.3) is 10.2 Å². The molecule has 0 radical (unpaired) electrons.